The molecular formula is C24H29Cl2N3O3. The molecule has 1 unspecified atom stereocenters. The highest BCUT2D eigenvalue weighted by Gasteiger charge is 2.28. The molecule has 1 aliphatic rings. The topological polar surface area (TPSA) is 53.1 Å². The summed E-state index contributed by atoms with van der Waals surface area (Å²) in [5.74, 6) is -0.162. The molecule has 8 heteroatoms. The van der Waals surface area contributed by atoms with Crippen molar-refractivity contribution in [3.8, 4) is 0 Å². The molecule has 0 aliphatic carbocycles. The van der Waals surface area contributed by atoms with Crippen molar-refractivity contribution in [2.24, 2.45) is 0 Å². The molecular weight excluding hydrogens is 449 g/mol. The summed E-state index contributed by atoms with van der Waals surface area (Å²) < 4.78 is 5.93. The quantitative estimate of drug-likeness (QED) is 0.607. The molecule has 1 saturated heterocycles. The van der Waals surface area contributed by atoms with Gasteiger partial charge in [-0.1, -0.05) is 40.9 Å². The molecule has 1 aliphatic heterocycles. The van der Waals surface area contributed by atoms with E-state index in [1.54, 1.807) is 23.1 Å². The minimum absolute atomic E-state index is 0.0385. The first-order valence-corrected chi connectivity index (χ1v) is 11.4. The zero-order chi connectivity index (χ0) is 23.3. The maximum atomic E-state index is 13.2. The molecule has 2 aromatic rings. The predicted octanol–water partition coefficient (Wildman–Crippen LogP) is 3.85. The van der Waals surface area contributed by atoms with Gasteiger partial charge in [0.05, 0.1) is 22.8 Å². The number of aryl methyl sites for hydroxylation is 1. The Hall–Kier alpha value is -2.12. The predicted molar refractivity (Wildman–Crippen MR) is 128 cm³/mol. The summed E-state index contributed by atoms with van der Waals surface area (Å²) in [4.78, 5) is 31.8. The van der Waals surface area contributed by atoms with Gasteiger partial charge in [-0.2, -0.15) is 0 Å². The van der Waals surface area contributed by atoms with Crippen LogP contribution in [0.5, 0.6) is 0 Å². The van der Waals surface area contributed by atoms with Gasteiger partial charge >= 0.3 is 0 Å². The van der Waals surface area contributed by atoms with E-state index in [-0.39, 0.29) is 17.9 Å². The monoisotopic (exact) mass is 477 g/mol. The molecule has 32 heavy (non-hydrogen) atoms. The number of benzene rings is 2. The second-order valence-electron chi connectivity index (χ2n) is 8.29. The average Bonchev–Trinajstić information content (AvgIpc) is 2.78. The number of halogens is 2. The van der Waals surface area contributed by atoms with Crippen LogP contribution in [0, 0.1) is 6.92 Å². The van der Waals surface area contributed by atoms with Crippen molar-refractivity contribution < 1.29 is 14.3 Å². The van der Waals surface area contributed by atoms with Crippen molar-refractivity contribution in [3.63, 3.8) is 0 Å². The fraction of sp³-hybridized carbons (Fsp3) is 0.417. The number of amides is 2. The standard InChI is InChI=1S/C24H29Cl2N3O3/c1-17-4-6-18(7-5-17)23(30)28(11-10-27(2)3)15-20-16-29(12-13-32-20)24(31)19-8-9-21(25)22(26)14-19/h4-9,14,20H,10-13,15-16H2,1-3H3. The highest BCUT2D eigenvalue weighted by molar-refractivity contribution is 6.42. The van der Waals surface area contributed by atoms with Gasteiger partial charge in [0.2, 0.25) is 0 Å². The summed E-state index contributed by atoms with van der Waals surface area (Å²) in [6.45, 7) is 5.01. The molecule has 0 bridgehead atoms. The Labute approximate surface area is 199 Å². The number of hydrogen-bond donors (Lipinski definition) is 0. The molecule has 172 valence electrons. The first kappa shape index (κ1) is 24.5. The Bertz CT molecular complexity index is 950. The lowest BCUT2D eigenvalue weighted by Gasteiger charge is -2.36. The molecule has 1 atom stereocenters. The summed E-state index contributed by atoms with van der Waals surface area (Å²) in [7, 11) is 3.95. The molecule has 2 aromatic carbocycles. The molecule has 0 radical (unpaired) electrons. The van der Waals surface area contributed by atoms with Crippen molar-refractivity contribution >= 4 is 35.0 Å². The van der Waals surface area contributed by atoms with Crippen molar-refractivity contribution in [3.05, 3.63) is 69.2 Å². The lowest BCUT2D eigenvalue weighted by Crippen LogP contribution is -2.51. The van der Waals surface area contributed by atoms with Gasteiger partial charge in [0.25, 0.3) is 11.8 Å². The Morgan fingerprint density at radius 1 is 1.03 bits per heavy atom. The first-order chi connectivity index (χ1) is 15.2. The maximum Gasteiger partial charge on any atom is 0.254 e. The van der Waals surface area contributed by atoms with Crippen LogP contribution in [0.15, 0.2) is 42.5 Å². The van der Waals surface area contributed by atoms with E-state index >= 15 is 0 Å². The third kappa shape index (κ3) is 6.45. The maximum absolute atomic E-state index is 13.2. The van der Waals surface area contributed by atoms with Gasteiger partial charge in [-0.05, 0) is 51.4 Å². The van der Waals surface area contributed by atoms with Crippen molar-refractivity contribution in [1.82, 2.24) is 14.7 Å². The molecule has 1 fully saturated rings. The third-order valence-electron chi connectivity index (χ3n) is 5.42. The van der Waals surface area contributed by atoms with E-state index in [0.717, 1.165) is 12.1 Å². The lowest BCUT2D eigenvalue weighted by molar-refractivity contribution is -0.0334. The van der Waals surface area contributed by atoms with E-state index in [1.807, 2.05) is 55.1 Å². The molecule has 2 amide bonds. The number of carbonyl (C=O) groups is 2. The summed E-state index contributed by atoms with van der Waals surface area (Å²) in [6, 6.07) is 12.5. The normalized spacial score (nSPS) is 16.3. The van der Waals surface area contributed by atoms with Crippen LogP contribution < -0.4 is 0 Å². The van der Waals surface area contributed by atoms with Crippen LogP contribution in [0.4, 0.5) is 0 Å². The van der Waals surface area contributed by atoms with Gasteiger partial charge in [-0.15, -0.1) is 0 Å². The minimum atomic E-state index is -0.271. The number of nitrogens with zero attached hydrogens (tertiary/aromatic N) is 3. The fourth-order valence-electron chi connectivity index (χ4n) is 3.55. The van der Waals surface area contributed by atoms with Gasteiger partial charge in [0, 0.05) is 43.9 Å². The molecule has 0 saturated carbocycles. The van der Waals surface area contributed by atoms with E-state index in [1.165, 1.54) is 0 Å². The van der Waals surface area contributed by atoms with E-state index in [9.17, 15) is 9.59 Å². The van der Waals surface area contributed by atoms with Gasteiger partial charge in [-0.25, -0.2) is 0 Å². The zero-order valence-corrected chi connectivity index (χ0v) is 20.2. The Morgan fingerprint density at radius 3 is 2.38 bits per heavy atom. The van der Waals surface area contributed by atoms with Crippen molar-refractivity contribution in [2.75, 3.05) is 53.4 Å². The van der Waals surface area contributed by atoms with Crippen LogP contribution in [-0.4, -0.2) is 86.0 Å². The Morgan fingerprint density at radius 2 is 1.72 bits per heavy atom. The van der Waals surface area contributed by atoms with E-state index in [4.69, 9.17) is 27.9 Å². The number of ether oxygens (including phenoxy) is 1. The van der Waals surface area contributed by atoms with E-state index in [2.05, 4.69) is 0 Å². The Kier molecular flexibility index (Phi) is 8.54. The smallest absolute Gasteiger partial charge is 0.254 e. The zero-order valence-electron chi connectivity index (χ0n) is 18.7. The molecule has 0 aromatic heterocycles. The van der Waals surface area contributed by atoms with Crippen molar-refractivity contribution in [1.29, 1.82) is 0 Å². The van der Waals surface area contributed by atoms with Crippen LogP contribution in [-0.2, 0) is 4.74 Å². The molecule has 0 spiro atoms. The number of likely N-dealkylation sites (N-methyl/N-ethyl adjacent to an activating group) is 1. The summed E-state index contributed by atoms with van der Waals surface area (Å²) in [6.07, 6.45) is -0.271. The average molecular weight is 478 g/mol. The minimum Gasteiger partial charge on any atom is -0.373 e. The lowest BCUT2D eigenvalue weighted by atomic mass is 10.1. The van der Waals surface area contributed by atoms with Crippen LogP contribution >= 0.6 is 23.2 Å². The summed E-state index contributed by atoms with van der Waals surface area (Å²) >= 11 is 12.1. The van der Waals surface area contributed by atoms with Gasteiger partial charge in [-0.3, -0.25) is 9.59 Å². The second kappa shape index (κ2) is 11.1. The Balaban J connectivity index is 1.70. The van der Waals surface area contributed by atoms with Gasteiger partial charge < -0.3 is 19.4 Å². The number of rotatable bonds is 7. The van der Waals surface area contributed by atoms with Gasteiger partial charge in [0.15, 0.2) is 0 Å². The van der Waals surface area contributed by atoms with Crippen LogP contribution in [0.3, 0.4) is 0 Å². The highest BCUT2D eigenvalue weighted by atomic mass is 35.5. The third-order valence-corrected chi connectivity index (χ3v) is 6.16. The molecule has 6 nitrogen and oxygen atoms in total. The molecule has 0 N–H and O–H groups in total. The molecule has 3 rings (SSSR count). The number of morpholine rings is 1. The summed E-state index contributed by atoms with van der Waals surface area (Å²) in [5.41, 5.74) is 2.24. The van der Waals surface area contributed by atoms with Crippen LogP contribution in [0.25, 0.3) is 0 Å². The van der Waals surface area contributed by atoms with E-state index in [0.29, 0.717) is 54.0 Å². The van der Waals surface area contributed by atoms with Gasteiger partial charge in [0.1, 0.15) is 0 Å². The number of carbonyl (C=O) groups excluding carboxylic acids is 2. The second-order valence-corrected chi connectivity index (χ2v) is 9.11. The van der Waals surface area contributed by atoms with E-state index < -0.39 is 0 Å². The SMILES string of the molecule is Cc1ccc(C(=O)N(CCN(C)C)CC2CN(C(=O)c3ccc(Cl)c(Cl)c3)CCO2)cc1. The number of hydrogen-bond acceptors (Lipinski definition) is 4. The fourth-order valence-corrected chi connectivity index (χ4v) is 3.85. The largest absolute Gasteiger partial charge is 0.373 e. The first-order valence-electron chi connectivity index (χ1n) is 10.6. The van der Waals surface area contributed by atoms with Crippen LogP contribution in [0.1, 0.15) is 26.3 Å². The van der Waals surface area contributed by atoms with Crippen LogP contribution in [0.2, 0.25) is 10.0 Å². The molecule has 1 heterocycles. The van der Waals surface area contributed by atoms with Crippen molar-refractivity contribution in [2.45, 2.75) is 13.0 Å². The highest BCUT2D eigenvalue weighted by Crippen LogP contribution is 2.24. The summed E-state index contributed by atoms with van der Waals surface area (Å²) in [5, 5.41) is 0.759.